The molecule has 5 nitrogen and oxygen atoms in total. The van der Waals surface area contributed by atoms with Crippen molar-refractivity contribution in [1.29, 1.82) is 0 Å². The lowest BCUT2D eigenvalue weighted by atomic mass is 10.0. The van der Waals surface area contributed by atoms with Crippen LogP contribution in [0.15, 0.2) is 28.0 Å². The number of aromatic nitrogens is 2. The highest BCUT2D eigenvalue weighted by Crippen LogP contribution is 2.50. The van der Waals surface area contributed by atoms with Crippen LogP contribution in [-0.2, 0) is 10.3 Å². The van der Waals surface area contributed by atoms with Crippen molar-refractivity contribution in [1.82, 2.24) is 9.97 Å². The molecule has 0 unspecified atom stereocenters. The number of carbonyl (C=O) groups excluding carboxylic acids is 1. The van der Waals surface area contributed by atoms with E-state index in [1.165, 1.54) is 0 Å². The Kier molecular flexibility index (Phi) is 1.67. The van der Waals surface area contributed by atoms with Gasteiger partial charge in [-0.15, -0.1) is 0 Å². The fraction of sp³-hybridized carbons (Fsp3) is 0.273. The molecule has 0 spiro atoms. The van der Waals surface area contributed by atoms with E-state index in [-0.39, 0.29) is 5.69 Å². The quantitative estimate of drug-likeness (QED) is 0.582. The molecule has 1 saturated carbocycles. The molecular weight excluding hydrogens is 206 g/mol. The molecule has 0 bridgehead atoms. The van der Waals surface area contributed by atoms with Crippen LogP contribution in [0.4, 0.5) is 0 Å². The second-order valence-corrected chi connectivity index (χ2v) is 4.04. The molecule has 1 aromatic heterocycles. The Morgan fingerprint density at radius 1 is 1.31 bits per heavy atom. The molecule has 1 fully saturated rings. The van der Waals surface area contributed by atoms with Crippen molar-refractivity contribution < 1.29 is 4.79 Å². The van der Waals surface area contributed by atoms with Gasteiger partial charge in [-0.25, -0.2) is 9.59 Å². The average molecular weight is 215 g/mol. The average Bonchev–Trinajstić information content (AvgIpc) is 2.92. The summed E-state index contributed by atoms with van der Waals surface area (Å²) in [6, 6.07) is 5.55. The maximum absolute atomic E-state index is 11.2. The molecule has 0 atom stereocenters. The van der Waals surface area contributed by atoms with Gasteiger partial charge in [0.2, 0.25) is 6.08 Å². The zero-order valence-electron chi connectivity index (χ0n) is 8.41. The summed E-state index contributed by atoms with van der Waals surface area (Å²) in [4.78, 5) is 30.9. The van der Waals surface area contributed by atoms with Crippen LogP contribution in [0.25, 0.3) is 11.0 Å². The van der Waals surface area contributed by atoms with Crippen LogP contribution in [0.3, 0.4) is 0 Å². The summed E-state index contributed by atoms with van der Waals surface area (Å²) in [5.74, 6) is 0. The van der Waals surface area contributed by atoms with E-state index in [1.807, 2.05) is 18.2 Å². The topological polar surface area (TPSA) is 78.1 Å². The summed E-state index contributed by atoms with van der Waals surface area (Å²) in [7, 11) is 0. The van der Waals surface area contributed by atoms with Crippen LogP contribution < -0.4 is 5.69 Å². The van der Waals surface area contributed by atoms with Crippen LogP contribution in [0.5, 0.6) is 0 Å². The first-order valence-electron chi connectivity index (χ1n) is 5.06. The fourth-order valence-corrected chi connectivity index (χ4v) is 2.09. The first-order chi connectivity index (χ1) is 7.75. The van der Waals surface area contributed by atoms with E-state index < -0.39 is 5.54 Å². The molecule has 1 heterocycles. The first-order valence-corrected chi connectivity index (χ1v) is 5.06. The number of aromatic amines is 2. The number of nitrogens with zero attached hydrogens (tertiary/aromatic N) is 1. The van der Waals surface area contributed by atoms with Gasteiger partial charge in [0.15, 0.2) is 0 Å². The highest BCUT2D eigenvalue weighted by Gasteiger charge is 2.46. The maximum Gasteiger partial charge on any atom is 0.323 e. The summed E-state index contributed by atoms with van der Waals surface area (Å²) in [6.07, 6.45) is 3.27. The molecule has 1 aliphatic carbocycles. The number of hydrogen-bond acceptors (Lipinski definition) is 3. The van der Waals surface area contributed by atoms with Gasteiger partial charge in [-0.05, 0) is 18.9 Å². The lowest BCUT2D eigenvalue weighted by molar-refractivity contribution is 0.556. The van der Waals surface area contributed by atoms with Crippen LogP contribution in [0.1, 0.15) is 18.4 Å². The minimum atomic E-state index is -0.452. The van der Waals surface area contributed by atoms with Crippen molar-refractivity contribution in [2.45, 2.75) is 18.4 Å². The number of para-hydroxylation sites is 1. The second kappa shape index (κ2) is 2.93. The van der Waals surface area contributed by atoms with Crippen molar-refractivity contribution in [3.05, 3.63) is 34.2 Å². The lowest BCUT2D eigenvalue weighted by Crippen LogP contribution is -2.04. The number of H-pyrrole nitrogens is 2. The molecule has 1 aromatic carbocycles. The number of fused-ring (bicyclic) bond motifs is 1. The van der Waals surface area contributed by atoms with Crippen molar-refractivity contribution in [2.24, 2.45) is 4.99 Å². The number of nitrogens with one attached hydrogen (secondary N) is 2. The smallest absolute Gasteiger partial charge is 0.306 e. The largest absolute Gasteiger partial charge is 0.323 e. The molecule has 0 radical (unpaired) electrons. The zero-order chi connectivity index (χ0) is 11.2. The highest BCUT2D eigenvalue weighted by molar-refractivity contribution is 5.80. The van der Waals surface area contributed by atoms with E-state index in [0.717, 1.165) is 29.4 Å². The van der Waals surface area contributed by atoms with E-state index in [1.54, 1.807) is 6.08 Å². The van der Waals surface area contributed by atoms with Crippen molar-refractivity contribution in [3.8, 4) is 0 Å². The zero-order valence-corrected chi connectivity index (χ0v) is 8.41. The number of isocyanates is 1. The van der Waals surface area contributed by atoms with Gasteiger partial charge in [0, 0.05) is 5.56 Å². The first kappa shape index (κ1) is 9.12. The molecule has 0 amide bonds. The minimum absolute atomic E-state index is 0.242. The van der Waals surface area contributed by atoms with E-state index in [4.69, 9.17) is 0 Å². The number of hydrogen-bond donors (Lipinski definition) is 2. The normalized spacial score (nSPS) is 17.0. The van der Waals surface area contributed by atoms with Gasteiger partial charge in [-0.3, -0.25) is 0 Å². The minimum Gasteiger partial charge on any atom is -0.306 e. The summed E-state index contributed by atoms with van der Waals surface area (Å²) in [5, 5.41) is 0. The second-order valence-electron chi connectivity index (χ2n) is 4.04. The molecule has 0 aliphatic heterocycles. The Bertz CT molecular complexity index is 657. The number of aliphatic imine (C=N–C) groups is 1. The van der Waals surface area contributed by atoms with Crippen LogP contribution in [0.2, 0.25) is 0 Å². The fourth-order valence-electron chi connectivity index (χ4n) is 2.09. The Morgan fingerprint density at radius 2 is 2.12 bits per heavy atom. The summed E-state index contributed by atoms with van der Waals surface area (Å²) in [6.45, 7) is 0. The van der Waals surface area contributed by atoms with Crippen LogP contribution in [-0.4, -0.2) is 16.0 Å². The third kappa shape index (κ3) is 1.15. The number of rotatable bonds is 2. The summed E-state index contributed by atoms with van der Waals surface area (Å²) < 4.78 is 0. The SMILES string of the molecule is O=C=NC1(c2cccc3[nH]c(=O)[nH]c23)CC1. The molecule has 2 aromatic rings. The Hall–Kier alpha value is -2.13. The van der Waals surface area contributed by atoms with E-state index in [0.29, 0.717) is 0 Å². The molecular formula is C11H9N3O2. The summed E-state index contributed by atoms with van der Waals surface area (Å²) >= 11 is 0. The number of imidazole rings is 1. The highest BCUT2D eigenvalue weighted by atomic mass is 16.1. The van der Waals surface area contributed by atoms with Gasteiger partial charge in [0.25, 0.3) is 0 Å². The van der Waals surface area contributed by atoms with Gasteiger partial charge in [-0.1, -0.05) is 12.1 Å². The Labute approximate surface area is 90.2 Å². The number of benzene rings is 1. The maximum atomic E-state index is 11.2. The summed E-state index contributed by atoms with van der Waals surface area (Å²) in [5.41, 5.74) is 1.69. The van der Waals surface area contributed by atoms with Crippen LogP contribution >= 0.6 is 0 Å². The van der Waals surface area contributed by atoms with Crippen molar-refractivity contribution in [3.63, 3.8) is 0 Å². The van der Waals surface area contributed by atoms with Gasteiger partial charge >= 0.3 is 5.69 Å². The Morgan fingerprint density at radius 3 is 2.81 bits per heavy atom. The van der Waals surface area contributed by atoms with Gasteiger partial charge < -0.3 is 9.97 Å². The van der Waals surface area contributed by atoms with E-state index in [9.17, 15) is 9.59 Å². The van der Waals surface area contributed by atoms with Crippen LogP contribution in [0, 0.1) is 0 Å². The third-order valence-electron chi connectivity index (χ3n) is 3.04. The molecule has 3 rings (SSSR count). The van der Waals surface area contributed by atoms with Crippen molar-refractivity contribution in [2.75, 3.05) is 0 Å². The monoisotopic (exact) mass is 215 g/mol. The molecule has 5 heteroatoms. The lowest BCUT2D eigenvalue weighted by Gasteiger charge is -2.08. The van der Waals surface area contributed by atoms with Gasteiger partial charge in [0.1, 0.15) is 5.54 Å². The molecule has 2 N–H and O–H groups in total. The molecule has 80 valence electrons. The predicted molar refractivity (Wildman–Crippen MR) is 58.0 cm³/mol. The predicted octanol–water partition coefficient (Wildman–Crippen LogP) is 1.18. The Balaban J connectivity index is 2.31. The molecule has 16 heavy (non-hydrogen) atoms. The standard InChI is InChI=1S/C11H9N3O2/c15-6-12-11(4-5-11)7-2-1-3-8-9(7)14-10(16)13-8/h1-3H,4-5H2,(H2,13,14,16). The van der Waals surface area contributed by atoms with E-state index >= 15 is 0 Å². The van der Waals surface area contributed by atoms with Crippen molar-refractivity contribution >= 4 is 17.1 Å². The van der Waals surface area contributed by atoms with Gasteiger partial charge in [-0.2, -0.15) is 4.99 Å². The van der Waals surface area contributed by atoms with E-state index in [2.05, 4.69) is 15.0 Å². The van der Waals surface area contributed by atoms with Gasteiger partial charge in [0.05, 0.1) is 11.0 Å². The third-order valence-corrected chi connectivity index (χ3v) is 3.04. The molecule has 1 aliphatic rings. The molecule has 0 saturated heterocycles.